The third kappa shape index (κ3) is 5.88. The van der Waals surface area contributed by atoms with Gasteiger partial charge in [0, 0.05) is 12.0 Å². The van der Waals surface area contributed by atoms with Crippen LogP contribution < -0.4 is 15.8 Å². The van der Waals surface area contributed by atoms with Crippen molar-refractivity contribution in [2.24, 2.45) is 10.9 Å². The van der Waals surface area contributed by atoms with Crippen LogP contribution in [0.1, 0.15) is 23.6 Å². The predicted molar refractivity (Wildman–Crippen MR) is 123 cm³/mol. The van der Waals surface area contributed by atoms with E-state index in [1.54, 1.807) is 0 Å². The molecule has 7 N–H and O–H groups in total. The fourth-order valence-corrected chi connectivity index (χ4v) is 3.50. The molecule has 0 spiro atoms. The minimum absolute atomic E-state index is 0.0516. The summed E-state index contributed by atoms with van der Waals surface area (Å²) in [6.07, 6.45) is 0.0880. The van der Waals surface area contributed by atoms with Gasteiger partial charge in [0.05, 0.1) is 13.2 Å². The lowest BCUT2D eigenvalue weighted by Gasteiger charge is -2.42. The quantitative estimate of drug-likeness (QED) is 0.104. The average molecular weight is 500 g/mol. The molecule has 36 heavy (non-hydrogen) atoms. The largest absolute Gasteiger partial charge is 0.508 e. The topological polar surface area (TPSA) is 212 Å². The Labute approximate surface area is 204 Å². The van der Waals surface area contributed by atoms with E-state index in [9.17, 15) is 34.6 Å². The van der Waals surface area contributed by atoms with Gasteiger partial charge in [-0.05, 0) is 42.0 Å². The van der Waals surface area contributed by atoms with Crippen LogP contribution in [0.5, 0.6) is 11.5 Å². The first kappa shape index (κ1) is 26.0. The van der Waals surface area contributed by atoms with Crippen molar-refractivity contribution in [3.8, 4) is 11.5 Å². The summed E-state index contributed by atoms with van der Waals surface area (Å²) in [7, 11) is 0. The number of oxime groups is 1. The molecule has 1 heterocycles. The Morgan fingerprint density at radius 2 is 1.72 bits per heavy atom. The van der Waals surface area contributed by atoms with Crippen LogP contribution in [0.4, 0.5) is 0 Å². The number of carbonyl (C=O) groups is 4. The highest BCUT2D eigenvalue weighted by molar-refractivity contribution is 6.45. The Balaban J connectivity index is 1.59. The summed E-state index contributed by atoms with van der Waals surface area (Å²) >= 11 is 0. The molecular formula is C23H24N4O9. The highest BCUT2D eigenvalue weighted by Gasteiger charge is 2.45. The lowest BCUT2D eigenvalue weighted by Crippen LogP contribution is -2.66. The van der Waals surface area contributed by atoms with E-state index in [1.165, 1.54) is 48.5 Å². The van der Waals surface area contributed by atoms with E-state index in [2.05, 4.69) is 10.5 Å². The first-order valence-electron chi connectivity index (χ1n) is 10.7. The summed E-state index contributed by atoms with van der Waals surface area (Å²) < 4.78 is 5.40. The molecule has 3 rings (SSSR count). The van der Waals surface area contributed by atoms with Gasteiger partial charge in [-0.1, -0.05) is 17.3 Å². The number of ether oxygens (including phenoxy) is 1. The summed E-state index contributed by atoms with van der Waals surface area (Å²) in [5.41, 5.74) is 5.51. The molecule has 0 saturated carbocycles. The molecule has 1 aliphatic heterocycles. The van der Waals surface area contributed by atoms with Gasteiger partial charge in [0.25, 0.3) is 5.91 Å². The molecule has 0 unspecified atom stereocenters. The molecule has 2 aromatic carbocycles. The Kier molecular flexibility index (Phi) is 8.07. The third-order valence-corrected chi connectivity index (χ3v) is 5.48. The van der Waals surface area contributed by atoms with Gasteiger partial charge >= 0.3 is 11.9 Å². The van der Waals surface area contributed by atoms with E-state index in [0.717, 1.165) is 4.90 Å². The SMILES string of the molecule is N[C@@H](CCOc1ccc(/C(=N/O)C(=O)N[C@H]2CN([C@@H](C(=O)O)c3ccc(O)cc3)C2=O)cc1)C(=O)O. The van der Waals surface area contributed by atoms with Gasteiger partial charge in [-0.2, -0.15) is 0 Å². The minimum atomic E-state index is -1.30. The fourth-order valence-electron chi connectivity index (χ4n) is 3.50. The van der Waals surface area contributed by atoms with Crippen molar-refractivity contribution < 1.29 is 44.4 Å². The smallest absolute Gasteiger partial charge is 0.331 e. The lowest BCUT2D eigenvalue weighted by molar-refractivity contribution is -0.160. The number of nitrogens with two attached hydrogens (primary N) is 1. The zero-order valence-electron chi connectivity index (χ0n) is 18.8. The summed E-state index contributed by atoms with van der Waals surface area (Å²) in [5, 5.41) is 42.5. The number of β-lactam (4-membered cyclic amide) rings is 1. The molecule has 1 fully saturated rings. The van der Waals surface area contributed by atoms with Gasteiger partial charge in [-0.15, -0.1) is 0 Å². The lowest BCUT2D eigenvalue weighted by atomic mass is 9.97. The molecule has 13 heteroatoms. The fraction of sp³-hybridized carbons (Fsp3) is 0.261. The number of nitrogens with zero attached hydrogens (tertiary/aromatic N) is 2. The number of hydrogen-bond acceptors (Lipinski definition) is 9. The summed E-state index contributed by atoms with van der Waals surface area (Å²) in [5.74, 6) is -3.59. The Morgan fingerprint density at radius 1 is 1.08 bits per heavy atom. The van der Waals surface area contributed by atoms with Gasteiger partial charge in [-0.3, -0.25) is 14.4 Å². The average Bonchev–Trinajstić information content (AvgIpc) is 2.85. The molecular weight excluding hydrogens is 476 g/mol. The maximum Gasteiger partial charge on any atom is 0.331 e. The van der Waals surface area contributed by atoms with E-state index < -0.39 is 41.9 Å². The van der Waals surface area contributed by atoms with Crippen LogP contribution in [-0.2, 0) is 19.2 Å². The van der Waals surface area contributed by atoms with Gasteiger partial charge in [0.2, 0.25) is 5.91 Å². The number of amides is 2. The number of hydrogen-bond donors (Lipinski definition) is 6. The minimum Gasteiger partial charge on any atom is -0.508 e. The molecule has 0 aromatic heterocycles. The van der Waals surface area contributed by atoms with Crippen LogP contribution in [0.25, 0.3) is 0 Å². The Hall–Kier alpha value is -4.65. The maximum atomic E-state index is 12.6. The first-order valence-corrected chi connectivity index (χ1v) is 10.7. The van der Waals surface area contributed by atoms with Gasteiger partial charge < -0.3 is 41.2 Å². The third-order valence-electron chi connectivity index (χ3n) is 5.48. The molecule has 0 radical (unpaired) electrons. The number of rotatable bonds is 11. The van der Waals surface area contributed by atoms with Crippen molar-refractivity contribution in [2.75, 3.05) is 13.2 Å². The van der Waals surface area contributed by atoms with Crippen molar-refractivity contribution in [3.63, 3.8) is 0 Å². The van der Waals surface area contributed by atoms with Gasteiger partial charge in [0.1, 0.15) is 23.6 Å². The standard InChI is InChI=1S/C23H24N4O9/c24-16(22(31)32)9-10-36-15-7-3-12(4-8-15)18(26-35)20(29)25-17-11-27(21(17)30)19(23(33)34)13-1-5-14(28)6-2-13/h1-8,16-17,19,28,35H,9-11,24H2,(H,25,29)(H,31,32)(H,33,34)/b26-18-/t16-,17-,19+/m0/s1. The van der Waals surface area contributed by atoms with E-state index in [0.29, 0.717) is 5.75 Å². The van der Waals surface area contributed by atoms with E-state index in [4.69, 9.17) is 15.6 Å². The van der Waals surface area contributed by atoms with Crippen molar-refractivity contribution in [1.82, 2.24) is 10.2 Å². The monoisotopic (exact) mass is 500 g/mol. The number of phenolic OH excluding ortho intramolecular Hbond substituents is 1. The van der Waals surface area contributed by atoms with Crippen molar-refractivity contribution in [3.05, 3.63) is 59.7 Å². The van der Waals surface area contributed by atoms with Crippen LogP contribution >= 0.6 is 0 Å². The molecule has 13 nitrogen and oxygen atoms in total. The molecule has 190 valence electrons. The van der Waals surface area contributed by atoms with E-state index >= 15 is 0 Å². The molecule has 1 saturated heterocycles. The normalized spacial score (nSPS) is 17.0. The highest BCUT2D eigenvalue weighted by atomic mass is 16.5. The van der Waals surface area contributed by atoms with Crippen LogP contribution in [0.15, 0.2) is 53.7 Å². The summed E-state index contributed by atoms with van der Waals surface area (Å²) in [6.45, 7) is -0.0393. The molecule has 0 bridgehead atoms. The van der Waals surface area contributed by atoms with Gasteiger partial charge in [-0.25, -0.2) is 4.79 Å². The van der Waals surface area contributed by atoms with Crippen LogP contribution in [-0.4, -0.2) is 80.1 Å². The first-order chi connectivity index (χ1) is 17.1. The number of likely N-dealkylation sites (tertiary alicyclic amines) is 1. The predicted octanol–water partition coefficient (Wildman–Crippen LogP) is -0.0958. The molecule has 2 amide bonds. The number of phenols is 1. The molecule has 0 aliphatic carbocycles. The van der Waals surface area contributed by atoms with E-state index in [-0.39, 0.29) is 42.2 Å². The summed E-state index contributed by atoms with van der Waals surface area (Å²) in [4.78, 5) is 48.8. The number of aliphatic carboxylic acids is 2. The number of benzene rings is 2. The zero-order chi connectivity index (χ0) is 26.4. The molecule has 3 atom stereocenters. The number of nitrogens with one attached hydrogen (secondary N) is 1. The zero-order valence-corrected chi connectivity index (χ0v) is 18.8. The number of carbonyl (C=O) groups excluding carboxylic acids is 2. The molecule has 1 aliphatic rings. The second-order valence-corrected chi connectivity index (χ2v) is 7.90. The number of aromatic hydroxyl groups is 1. The van der Waals surface area contributed by atoms with Gasteiger partial charge in [0.15, 0.2) is 11.8 Å². The molecule has 2 aromatic rings. The van der Waals surface area contributed by atoms with Crippen LogP contribution in [0.2, 0.25) is 0 Å². The number of carboxylic acid groups (broad SMARTS) is 2. The Morgan fingerprint density at radius 3 is 2.25 bits per heavy atom. The van der Waals surface area contributed by atoms with E-state index in [1.807, 2.05) is 0 Å². The van der Waals surface area contributed by atoms with Crippen molar-refractivity contribution in [2.45, 2.75) is 24.5 Å². The summed E-state index contributed by atoms with van der Waals surface area (Å²) in [6, 6.07) is 7.83. The maximum absolute atomic E-state index is 12.6. The Bertz CT molecular complexity index is 1170. The second-order valence-electron chi connectivity index (χ2n) is 7.90. The second kappa shape index (κ2) is 11.2. The highest BCUT2D eigenvalue weighted by Crippen LogP contribution is 2.28. The van der Waals surface area contributed by atoms with Crippen molar-refractivity contribution >= 4 is 29.5 Å². The number of carboxylic acids is 2. The van der Waals surface area contributed by atoms with Crippen LogP contribution in [0.3, 0.4) is 0 Å². The van der Waals surface area contributed by atoms with Crippen molar-refractivity contribution in [1.29, 1.82) is 0 Å². The van der Waals surface area contributed by atoms with Crippen LogP contribution in [0, 0.1) is 0 Å².